The number of fused-ring (bicyclic) bond motifs is 1. The molecule has 2 aromatic carbocycles. The van der Waals surface area contributed by atoms with E-state index in [1.54, 1.807) is 24.3 Å². The van der Waals surface area contributed by atoms with Gasteiger partial charge >= 0.3 is 0 Å². The zero-order valence-electron chi connectivity index (χ0n) is 16.6. The van der Waals surface area contributed by atoms with Crippen molar-refractivity contribution in [3.05, 3.63) is 63.1 Å². The Labute approximate surface area is 181 Å². The molecule has 1 heterocycles. The minimum Gasteiger partial charge on any atom is -0.495 e. The molecule has 0 spiro atoms. The predicted octanol–water partition coefficient (Wildman–Crippen LogP) is 2.62. The fraction of sp³-hybridized carbons (Fsp3) is 0.238. The first-order valence-corrected chi connectivity index (χ1v) is 10.0. The Morgan fingerprint density at radius 3 is 2.73 bits per heavy atom. The Morgan fingerprint density at radius 2 is 1.97 bits per heavy atom. The molecule has 2 amide bonds. The van der Waals surface area contributed by atoms with Gasteiger partial charge in [-0.3, -0.25) is 19.0 Å². The molecule has 0 atom stereocenters. The van der Waals surface area contributed by atoms with E-state index in [0.717, 1.165) is 10.0 Å². The van der Waals surface area contributed by atoms with Crippen molar-refractivity contribution in [2.45, 2.75) is 19.9 Å². The van der Waals surface area contributed by atoms with Gasteiger partial charge in [0.25, 0.3) is 5.56 Å². The lowest BCUT2D eigenvalue weighted by Gasteiger charge is -2.12. The van der Waals surface area contributed by atoms with Gasteiger partial charge in [-0.2, -0.15) is 0 Å². The highest BCUT2D eigenvalue weighted by molar-refractivity contribution is 9.10. The minimum atomic E-state index is -0.373. The fourth-order valence-electron chi connectivity index (χ4n) is 2.89. The van der Waals surface area contributed by atoms with E-state index in [1.807, 2.05) is 19.1 Å². The average molecular weight is 473 g/mol. The highest BCUT2D eigenvalue weighted by Gasteiger charge is 2.11. The summed E-state index contributed by atoms with van der Waals surface area (Å²) in [5.74, 6) is -0.181. The molecular formula is C21H21BrN4O4. The van der Waals surface area contributed by atoms with E-state index in [2.05, 4.69) is 31.5 Å². The Kier molecular flexibility index (Phi) is 6.83. The van der Waals surface area contributed by atoms with Crippen molar-refractivity contribution in [2.24, 2.45) is 0 Å². The monoisotopic (exact) mass is 472 g/mol. The second-order valence-corrected chi connectivity index (χ2v) is 7.60. The Morgan fingerprint density at radius 1 is 1.17 bits per heavy atom. The van der Waals surface area contributed by atoms with E-state index in [1.165, 1.54) is 18.0 Å². The van der Waals surface area contributed by atoms with E-state index in [4.69, 9.17) is 4.74 Å². The van der Waals surface area contributed by atoms with Gasteiger partial charge in [0.2, 0.25) is 11.8 Å². The summed E-state index contributed by atoms with van der Waals surface area (Å²) in [4.78, 5) is 41.1. The Bertz CT molecular complexity index is 1160. The van der Waals surface area contributed by atoms with Crippen LogP contribution in [0.1, 0.15) is 12.0 Å². The molecule has 156 valence electrons. The molecule has 1 aromatic heterocycles. The number of nitrogens with one attached hydrogen (secondary N) is 2. The number of carbonyl (C=O) groups excluding carboxylic acids is 2. The lowest BCUT2D eigenvalue weighted by Crippen LogP contribution is -2.34. The van der Waals surface area contributed by atoms with Crippen LogP contribution < -0.4 is 20.9 Å². The first kappa shape index (κ1) is 21.5. The number of methoxy groups -OCH3 is 1. The van der Waals surface area contributed by atoms with Crippen molar-refractivity contribution in [1.82, 2.24) is 14.9 Å². The second kappa shape index (κ2) is 9.53. The molecule has 3 aromatic rings. The molecule has 0 aliphatic heterocycles. The van der Waals surface area contributed by atoms with Crippen LogP contribution in [0.5, 0.6) is 5.75 Å². The molecule has 0 saturated heterocycles. The van der Waals surface area contributed by atoms with E-state index in [-0.39, 0.29) is 36.9 Å². The first-order chi connectivity index (χ1) is 14.4. The summed E-state index contributed by atoms with van der Waals surface area (Å²) < 4.78 is 7.38. The number of ether oxygens (including phenoxy) is 1. The summed E-state index contributed by atoms with van der Waals surface area (Å²) in [5.41, 5.74) is 1.87. The zero-order chi connectivity index (χ0) is 21.7. The number of rotatable bonds is 7. The number of hydrogen-bond donors (Lipinski definition) is 2. The van der Waals surface area contributed by atoms with Crippen LogP contribution >= 0.6 is 15.9 Å². The third-order valence-corrected chi connectivity index (χ3v) is 4.93. The normalized spacial score (nSPS) is 10.6. The summed E-state index contributed by atoms with van der Waals surface area (Å²) in [6.45, 7) is 1.88. The minimum absolute atomic E-state index is 0.0438. The number of carbonyl (C=O) groups is 2. The molecule has 0 fully saturated rings. The largest absolute Gasteiger partial charge is 0.495 e. The van der Waals surface area contributed by atoms with Gasteiger partial charge in [0.05, 0.1) is 36.6 Å². The lowest BCUT2D eigenvalue weighted by atomic mass is 10.2. The van der Waals surface area contributed by atoms with Gasteiger partial charge in [0.1, 0.15) is 5.75 Å². The van der Waals surface area contributed by atoms with E-state index < -0.39 is 0 Å². The van der Waals surface area contributed by atoms with Crippen LogP contribution in [0.25, 0.3) is 10.9 Å². The number of halogens is 1. The van der Waals surface area contributed by atoms with Gasteiger partial charge in [-0.15, -0.1) is 0 Å². The maximum atomic E-state index is 12.5. The summed E-state index contributed by atoms with van der Waals surface area (Å²) in [6.07, 6.45) is 1.46. The summed E-state index contributed by atoms with van der Waals surface area (Å²) >= 11 is 3.34. The van der Waals surface area contributed by atoms with Crippen LogP contribution in [0, 0.1) is 6.92 Å². The summed E-state index contributed by atoms with van der Waals surface area (Å²) in [7, 11) is 1.52. The molecule has 0 bridgehead atoms. The number of nitrogens with zero attached hydrogens (tertiary/aromatic N) is 2. The van der Waals surface area contributed by atoms with Crippen LogP contribution in [0.3, 0.4) is 0 Å². The first-order valence-electron chi connectivity index (χ1n) is 9.23. The van der Waals surface area contributed by atoms with Gasteiger partial charge in [0, 0.05) is 17.4 Å². The Balaban J connectivity index is 1.55. The SMILES string of the molecule is COc1ccc(C)cc1NC(=O)CNC(=O)CCn1cnc2ccc(Br)cc2c1=O. The van der Waals surface area contributed by atoms with Crippen molar-refractivity contribution >= 4 is 44.3 Å². The Hall–Kier alpha value is -3.20. The van der Waals surface area contributed by atoms with Gasteiger partial charge in [-0.05, 0) is 42.8 Å². The highest BCUT2D eigenvalue weighted by atomic mass is 79.9. The standard InChI is InChI=1S/C21H21BrN4O4/c1-13-3-6-18(30-2)17(9-13)25-20(28)11-23-19(27)7-8-26-12-24-16-5-4-14(22)10-15(16)21(26)29/h3-6,9-10,12H,7-8,11H2,1-2H3,(H,23,27)(H,25,28). The third-order valence-electron chi connectivity index (χ3n) is 4.44. The number of anilines is 1. The van der Waals surface area contributed by atoms with Crippen LogP contribution in [0.2, 0.25) is 0 Å². The number of hydrogen-bond acceptors (Lipinski definition) is 5. The molecule has 0 radical (unpaired) electrons. The topological polar surface area (TPSA) is 102 Å². The predicted molar refractivity (Wildman–Crippen MR) is 118 cm³/mol. The van der Waals surface area contributed by atoms with Gasteiger partial charge in [-0.1, -0.05) is 22.0 Å². The van der Waals surface area contributed by atoms with Crippen molar-refractivity contribution in [1.29, 1.82) is 0 Å². The molecule has 0 unspecified atom stereocenters. The van der Waals surface area contributed by atoms with Crippen molar-refractivity contribution < 1.29 is 14.3 Å². The average Bonchev–Trinajstić information content (AvgIpc) is 2.72. The molecular weight excluding hydrogens is 452 g/mol. The number of benzene rings is 2. The third kappa shape index (κ3) is 5.24. The molecule has 8 nitrogen and oxygen atoms in total. The molecule has 0 aliphatic carbocycles. The molecule has 9 heteroatoms. The summed E-state index contributed by atoms with van der Waals surface area (Å²) in [5, 5.41) is 5.74. The van der Waals surface area contributed by atoms with Crippen molar-refractivity contribution in [2.75, 3.05) is 19.0 Å². The quantitative estimate of drug-likeness (QED) is 0.550. The fourth-order valence-corrected chi connectivity index (χ4v) is 3.25. The summed E-state index contributed by atoms with van der Waals surface area (Å²) in [6, 6.07) is 10.7. The van der Waals surface area contributed by atoms with Gasteiger partial charge in [0.15, 0.2) is 0 Å². The van der Waals surface area contributed by atoms with Gasteiger partial charge < -0.3 is 15.4 Å². The van der Waals surface area contributed by atoms with Crippen LogP contribution in [0.15, 0.2) is 52.0 Å². The number of aromatic nitrogens is 2. The van der Waals surface area contributed by atoms with E-state index in [9.17, 15) is 14.4 Å². The van der Waals surface area contributed by atoms with E-state index in [0.29, 0.717) is 22.3 Å². The van der Waals surface area contributed by atoms with Crippen LogP contribution in [0.4, 0.5) is 5.69 Å². The zero-order valence-corrected chi connectivity index (χ0v) is 18.2. The maximum Gasteiger partial charge on any atom is 0.261 e. The van der Waals surface area contributed by atoms with Crippen molar-refractivity contribution in [3.63, 3.8) is 0 Å². The molecule has 3 rings (SSSR count). The van der Waals surface area contributed by atoms with Gasteiger partial charge in [-0.25, -0.2) is 4.98 Å². The molecule has 0 saturated carbocycles. The smallest absolute Gasteiger partial charge is 0.261 e. The lowest BCUT2D eigenvalue weighted by molar-refractivity contribution is -0.124. The second-order valence-electron chi connectivity index (χ2n) is 6.68. The van der Waals surface area contributed by atoms with E-state index >= 15 is 0 Å². The highest BCUT2D eigenvalue weighted by Crippen LogP contribution is 2.24. The van der Waals surface area contributed by atoms with Crippen molar-refractivity contribution in [3.8, 4) is 5.75 Å². The van der Waals surface area contributed by atoms with Crippen LogP contribution in [-0.2, 0) is 16.1 Å². The number of aryl methyl sites for hydroxylation is 2. The molecule has 0 aliphatic rings. The number of amides is 2. The molecule has 30 heavy (non-hydrogen) atoms. The molecule has 2 N–H and O–H groups in total. The maximum absolute atomic E-state index is 12.5. The van der Waals surface area contributed by atoms with Crippen LogP contribution in [-0.4, -0.2) is 35.0 Å².